The molecule has 0 saturated heterocycles. The molecule has 0 aromatic heterocycles. The van der Waals surface area contributed by atoms with Crippen LogP contribution >= 0.6 is 0 Å². The molecule has 1 aromatic rings. The molecule has 0 aliphatic rings. The van der Waals surface area contributed by atoms with Crippen molar-refractivity contribution in [3.05, 3.63) is 36.4 Å². The first-order valence-electron chi connectivity index (χ1n) is 5.93. The third-order valence-electron chi connectivity index (χ3n) is 2.68. The third-order valence-corrected chi connectivity index (χ3v) is 2.68. The Kier molecular flexibility index (Phi) is 5.50. The van der Waals surface area contributed by atoms with Crippen molar-refractivity contribution < 1.29 is 25.1 Å². The normalized spacial score (nSPS) is 13.1. The summed E-state index contributed by atoms with van der Waals surface area (Å²) in [6.45, 7) is 6.87. The Morgan fingerprint density at radius 3 is 2.26 bits per heavy atom. The molecule has 0 spiro atoms. The van der Waals surface area contributed by atoms with Crippen molar-refractivity contribution in [1.29, 1.82) is 0 Å². The first-order valence-corrected chi connectivity index (χ1v) is 5.93. The molecule has 1 aromatic carbocycles. The van der Waals surface area contributed by atoms with Crippen molar-refractivity contribution in [3.63, 3.8) is 0 Å². The van der Waals surface area contributed by atoms with Gasteiger partial charge in [-0.1, -0.05) is 18.7 Å². The maximum atomic E-state index is 9.12. The van der Waals surface area contributed by atoms with Gasteiger partial charge in [-0.2, -0.15) is 0 Å². The summed E-state index contributed by atoms with van der Waals surface area (Å²) in [4.78, 5) is 4.13. The lowest BCUT2D eigenvalue weighted by atomic mass is 10.0. The molecular formula is C14H20O5. The van der Waals surface area contributed by atoms with Crippen LogP contribution in [0.25, 0.3) is 5.57 Å². The van der Waals surface area contributed by atoms with Crippen LogP contribution in [0.15, 0.2) is 30.8 Å². The van der Waals surface area contributed by atoms with Crippen LogP contribution in [0.1, 0.15) is 19.4 Å². The van der Waals surface area contributed by atoms with E-state index in [4.69, 9.17) is 20.2 Å². The van der Waals surface area contributed by atoms with Crippen molar-refractivity contribution >= 4 is 5.57 Å². The molecule has 0 amide bonds. The molecule has 0 aliphatic heterocycles. The number of rotatable bonds is 7. The zero-order valence-electron chi connectivity index (χ0n) is 11.2. The van der Waals surface area contributed by atoms with Crippen molar-refractivity contribution in [2.24, 2.45) is 0 Å². The summed E-state index contributed by atoms with van der Waals surface area (Å²) in [7, 11) is 0. The number of aliphatic hydroxyl groups is 2. The van der Waals surface area contributed by atoms with Crippen LogP contribution in [-0.4, -0.2) is 40.4 Å². The predicted octanol–water partition coefficient (Wildman–Crippen LogP) is 1.70. The van der Waals surface area contributed by atoms with Gasteiger partial charge in [0, 0.05) is 0 Å². The minimum atomic E-state index is -0.847. The Morgan fingerprint density at radius 2 is 1.84 bits per heavy atom. The smallest absolute Gasteiger partial charge is 0.141 e. The zero-order valence-corrected chi connectivity index (χ0v) is 11.2. The molecule has 19 heavy (non-hydrogen) atoms. The zero-order chi connectivity index (χ0) is 14.5. The van der Waals surface area contributed by atoms with Crippen LogP contribution in [0.3, 0.4) is 0 Å². The van der Waals surface area contributed by atoms with Crippen LogP contribution in [0.5, 0.6) is 5.75 Å². The van der Waals surface area contributed by atoms with Gasteiger partial charge in [0.2, 0.25) is 0 Å². The van der Waals surface area contributed by atoms with Gasteiger partial charge in [-0.3, -0.25) is 5.26 Å². The molecule has 1 unspecified atom stereocenters. The Balaban J connectivity index is 2.79. The number of benzene rings is 1. The third kappa shape index (κ3) is 4.33. The van der Waals surface area contributed by atoms with Crippen LogP contribution in [0.2, 0.25) is 0 Å². The molecule has 0 heterocycles. The summed E-state index contributed by atoms with van der Waals surface area (Å²) >= 11 is 0. The fraction of sp³-hybridized carbons (Fsp3) is 0.429. The second kappa shape index (κ2) is 6.68. The monoisotopic (exact) mass is 268 g/mol. The molecule has 0 saturated carbocycles. The average molecular weight is 268 g/mol. The lowest BCUT2D eigenvalue weighted by Gasteiger charge is -2.24. The molecular weight excluding hydrogens is 248 g/mol. The van der Waals surface area contributed by atoms with E-state index in [1.165, 1.54) is 0 Å². The maximum absolute atomic E-state index is 9.12. The topological polar surface area (TPSA) is 79.2 Å². The van der Waals surface area contributed by atoms with E-state index in [1.807, 2.05) is 0 Å². The molecule has 5 nitrogen and oxygen atoms in total. The van der Waals surface area contributed by atoms with Gasteiger partial charge < -0.3 is 14.9 Å². The maximum Gasteiger partial charge on any atom is 0.141 e. The molecule has 0 fully saturated rings. The van der Waals surface area contributed by atoms with E-state index in [1.54, 1.807) is 38.1 Å². The van der Waals surface area contributed by atoms with Crippen LogP contribution in [-0.2, 0) is 4.89 Å². The van der Waals surface area contributed by atoms with E-state index in [0.717, 1.165) is 5.56 Å². The van der Waals surface area contributed by atoms with Crippen molar-refractivity contribution in [2.75, 3.05) is 13.2 Å². The van der Waals surface area contributed by atoms with Gasteiger partial charge in [0.15, 0.2) is 0 Å². The first-order chi connectivity index (χ1) is 8.93. The minimum Gasteiger partial charge on any atom is -0.485 e. The van der Waals surface area contributed by atoms with Crippen LogP contribution in [0.4, 0.5) is 0 Å². The summed E-state index contributed by atoms with van der Waals surface area (Å²) in [6.07, 6.45) is -0.847. The van der Waals surface area contributed by atoms with Gasteiger partial charge in [-0.25, -0.2) is 4.89 Å². The van der Waals surface area contributed by atoms with Crippen molar-refractivity contribution in [1.82, 2.24) is 0 Å². The van der Waals surface area contributed by atoms with Crippen LogP contribution < -0.4 is 4.74 Å². The number of ether oxygens (including phenoxy) is 1. The molecule has 0 aliphatic carbocycles. The Morgan fingerprint density at radius 1 is 1.26 bits per heavy atom. The molecule has 0 bridgehead atoms. The second-order valence-corrected chi connectivity index (χ2v) is 4.85. The molecule has 0 radical (unpaired) electrons. The summed E-state index contributed by atoms with van der Waals surface area (Å²) in [6, 6.07) is 6.94. The fourth-order valence-corrected chi connectivity index (χ4v) is 1.48. The van der Waals surface area contributed by atoms with Gasteiger partial charge in [0.05, 0.1) is 13.2 Å². The highest BCUT2D eigenvalue weighted by Crippen LogP contribution is 2.23. The largest absolute Gasteiger partial charge is 0.485 e. The van der Waals surface area contributed by atoms with E-state index < -0.39 is 11.7 Å². The lowest BCUT2D eigenvalue weighted by molar-refractivity contribution is -0.268. The molecule has 106 valence electrons. The summed E-state index contributed by atoms with van der Waals surface area (Å²) in [5.74, 6) is 0.612. The number of hydrogen-bond acceptors (Lipinski definition) is 5. The highest BCUT2D eigenvalue weighted by atomic mass is 17.1. The van der Waals surface area contributed by atoms with E-state index in [9.17, 15) is 0 Å². The highest BCUT2D eigenvalue weighted by Gasteiger charge is 2.18. The molecule has 5 heteroatoms. The Hall–Kier alpha value is -1.40. The first kappa shape index (κ1) is 15.7. The SMILES string of the molecule is C=C(c1ccc(OC(C)(C)CO)cc1)C(CO)OO. The van der Waals surface area contributed by atoms with Gasteiger partial charge in [-0.15, -0.1) is 0 Å². The van der Waals surface area contributed by atoms with Gasteiger partial charge >= 0.3 is 0 Å². The Bertz CT molecular complexity index is 406. The summed E-state index contributed by atoms with van der Waals surface area (Å²) in [5.41, 5.74) is 0.542. The number of hydrogen-bond donors (Lipinski definition) is 3. The van der Waals surface area contributed by atoms with E-state index >= 15 is 0 Å². The fourth-order valence-electron chi connectivity index (χ4n) is 1.48. The highest BCUT2D eigenvalue weighted by molar-refractivity contribution is 5.67. The van der Waals surface area contributed by atoms with Crippen molar-refractivity contribution in [3.8, 4) is 5.75 Å². The van der Waals surface area contributed by atoms with Gasteiger partial charge in [-0.05, 0) is 37.1 Å². The summed E-state index contributed by atoms with van der Waals surface area (Å²) in [5, 5.41) is 26.7. The van der Waals surface area contributed by atoms with E-state index in [2.05, 4.69) is 11.5 Å². The minimum absolute atomic E-state index is 0.0909. The van der Waals surface area contributed by atoms with E-state index in [-0.39, 0.29) is 13.2 Å². The number of aliphatic hydroxyl groups excluding tert-OH is 2. The molecule has 1 rings (SSSR count). The lowest BCUT2D eigenvalue weighted by Crippen LogP contribution is -2.32. The second-order valence-electron chi connectivity index (χ2n) is 4.85. The quantitative estimate of drug-likeness (QED) is 0.518. The van der Waals surface area contributed by atoms with E-state index in [0.29, 0.717) is 11.3 Å². The molecule has 3 N–H and O–H groups in total. The standard InChI is InChI=1S/C14H20O5/c1-10(13(8-15)19-17)11-4-6-12(7-5-11)18-14(2,3)9-16/h4-7,13,15-17H,1,8-9H2,2-3H3. The van der Waals surface area contributed by atoms with Gasteiger partial charge in [0.1, 0.15) is 17.5 Å². The van der Waals surface area contributed by atoms with Gasteiger partial charge in [0.25, 0.3) is 0 Å². The predicted molar refractivity (Wildman–Crippen MR) is 71.9 cm³/mol. The van der Waals surface area contributed by atoms with Crippen molar-refractivity contribution in [2.45, 2.75) is 25.6 Å². The average Bonchev–Trinajstić information content (AvgIpc) is 2.40. The Labute approximate surface area is 112 Å². The molecule has 1 atom stereocenters. The summed E-state index contributed by atoms with van der Waals surface area (Å²) < 4.78 is 5.59. The van der Waals surface area contributed by atoms with Crippen LogP contribution in [0, 0.1) is 0 Å².